The quantitative estimate of drug-likeness (QED) is 0.330. The molecule has 1 saturated heterocycles. The summed E-state index contributed by atoms with van der Waals surface area (Å²) in [5.74, 6) is -3.39. The number of nitrogens with one attached hydrogen (secondary N) is 2. The Kier molecular flexibility index (Phi) is 10.0. The third-order valence-electron chi connectivity index (χ3n) is 7.47. The third kappa shape index (κ3) is 7.35. The highest BCUT2D eigenvalue weighted by atomic mass is 32.2. The highest BCUT2D eigenvalue weighted by molar-refractivity contribution is 8.00. The molecule has 3 amide bonds. The number of aryl methyl sites for hydroxylation is 1. The molecule has 0 aliphatic carbocycles. The van der Waals surface area contributed by atoms with Crippen LogP contribution < -0.4 is 10.6 Å². The van der Waals surface area contributed by atoms with Gasteiger partial charge < -0.3 is 20.6 Å². The molecule has 1 heterocycles. The molecular formula is C32H35F2N3O4S. The summed E-state index contributed by atoms with van der Waals surface area (Å²) in [7, 11) is 0. The van der Waals surface area contributed by atoms with Crippen LogP contribution in [-0.2, 0) is 33.8 Å². The van der Waals surface area contributed by atoms with Gasteiger partial charge in [0, 0.05) is 16.9 Å². The molecule has 222 valence electrons. The van der Waals surface area contributed by atoms with Crippen molar-refractivity contribution < 1.29 is 28.3 Å². The number of hydrogen-bond donors (Lipinski definition) is 3. The first-order valence-corrected chi connectivity index (χ1v) is 14.7. The van der Waals surface area contributed by atoms with Crippen molar-refractivity contribution in [1.29, 1.82) is 0 Å². The van der Waals surface area contributed by atoms with Crippen LogP contribution in [0.15, 0.2) is 72.8 Å². The van der Waals surface area contributed by atoms with Crippen molar-refractivity contribution in [2.24, 2.45) is 0 Å². The van der Waals surface area contributed by atoms with Crippen molar-refractivity contribution in [2.45, 2.75) is 63.1 Å². The van der Waals surface area contributed by atoms with Gasteiger partial charge in [-0.25, -0.2) is 8.78 Å². The van der Waals surface area contributed by atoms with Gasteiger partial charge in [-0.3, -0.25) is 14.4 Å². The van der Waals surface area contributed by atoms with Crippen LogP contribution in [-0.4, -0.2) is 56.5 Å². The Hall–Kier alpha value is -3.76. The molecule has 1 fully saturated rings. The minimum atomic E-state index is -1.72. The first-order chi connectivity index (χ1) is 20.0. The second-order valence-electron chi connectivity index (χ2n) is 10.9. The minimum absolute atomic E-state index is 0.0771. The molecule has 0 spiro atoms. The molecule has 1 aliphatic heterocycles. The molecule has 0 radical (unpaired) electrons. The Bertz CT molecular complexity index is 1420. The van der Waals surface area contributed by atoms with Gasteiger partial charge in [0.2, 0.25) is 11.8 Å². The van der Waals surface area contributed by atoms with Gasteiger partial charge in [0.15, 0.2) is 6.10 Å². The number of benzene rings is 3. The maximum Gasteiger partial charge on any atom is 0.254 e. The number of aliphatic hydroxyl groups excluding tert-OH is 1. The monoisotopic (exact) mass is 595 g/mol. The maximum absolute atomic E-state index is 14.2. The topological polar surface area (TPSA) is 98.7 Å². The van der Waals surface area contributed by atoms with E-state index in [1.807, 2.05) is 51.1 Å². The summed E-state index contributed by atoms with van der Waals surface area (Å²) in [5.41, 5.74) is 2.30. The zero-order valence-corrected chi connectivity index (χ0v) is 24.6. The van der Waals surface area contributed by atoms with Crippen molar-refractivity contribution in [1.82, 2.24) is 15.5 Å². The first kappa shape index (κ1) is 31.2. The van der Waals surface area contributed by atoms with Crippen molar-refractivity contribution in [3.05, 3.63) is 107 Å². The third-order valence-corrected chi connectivity index (χ3v) is 8.84. The summed E-state index contributed by atoms with van der Waals surface area (Å²) < 4.78 is 27.8. The lowest BCUT2D eigenvalue weighted by molar-refractivity contribution is -0.147. The summed E-state index contributed by atoms with van der Waals surface area (Å²) in [6.07, 6.45) is -2.25. The van der Waals surface area contributed by atoms with Crippen LogP contribution in [0.25, 0.3) is 0 Å². The molecule has 0 saturated carbocycles. The maximum atomic E-state index is 14.2. The van der Waals surface area contributed by atoms with E-state index >= 15 is 0 Å². The Morgan fingerprint density at radius 2 is 1.64 bits per heavy atom. The standard InChI is InChI=1S/C32H35F2N3O4S/c1-20-10-7-8-13-22(20)18-35-30(40)29-32(2,3)42-19-37(29)31(41)28(39)26(16-21-11-5-4-6-12-21)36-27(38)17-23-24(33)14-9-15-25(23)34/h4-15,26,28-29,39H,16-19H2,1-3H3,(H,35,40)(H,36,38). The highest BCUT2D eigenvalue weighted by Gasteiger charge is 2.49. The number of amides is 3. The molecule has 10 heteroatoms. The van der Waals surface area contributed by atoms with Crippen molar-refractivity contribution in [3.63, 3.8) is 0 Å². The van der Waals surface area contributed by atoms with Crippen molar-refractivity contribution >= 4 is 29.5 Å². The predicted molar refractivity (Wildman–Crippen MR) is 158 cm³/mol. The molecule has 3 atom stereocenters. The van der Waals surface area contributed by atoms with E-state index in [2.05, 4.69) is 10.6 Å². The summed E-state index contributed by atoms with van der Waals surface area (Å²) >= 11 is 1.41. The Balaban J connectivity index is 1.53. The van der Waals surface area contributed by atoms with Crippen LogP contribution in [0.5, 0.6) is 0 Å². The lowest BCUT2D eigenvalue weighted by atomic mass is 9.96. The summed E-state index contributed by atoms with van der Waals surface area (Å²) in [4.78, 5) is 41.5. The number of halogens is 2. The number of rotatable bonds is 10. The smallest absolute Gasteiger partial charge is 0.254 e. The number of hydrogen-bond acceptors (Lipinski definition) is 5. The SMILES string of the molecule is Cc1ccccc1CNC(=O)C1N(C(=O)C(O)C(Cc2ccccc2)NC(=O)Cc2c(F)cccc2F)CSC1(C)C. The van der Waals surface area contributed by atoms with Crippen LogP contribution >= 0.6 is 11.8 Å². The van der Waals surface area contributed by atoms with Gasteiger partial charge >= 0.3 is 0 Å². The fraction of sp³-hybridized carbons (Fsp3) is 0.344. The first-order valence-electron chi connectivity index (χ1n) is 13.7. The highest BCUT2D eigenvalue weighted by Crippen LogP contribution is 2.40. The molecule has 3 N–H and O–H groups in total. The average Bonchev–Trinajstić information content (AvgIpc) is 3.28. The van der Waals surface area contributed by atoms with Crippen LogP contribution in [0.2, 0.25) is 0 Å². The number of aliphatic hydroxyl groups is 1. The number of carbonyl (C=O) groups is 3. The van der Waals surface area contributed by atoms with E-state index in [-0.39, 0.29) is 24.7 Å². The summed E-state index contributed by atoms with van der Waals surface area (Å²) in [6, 6.07) is 17.9. The van der Waals surface area contributed by atoms with E-state index in [1.165, 1.54) is 22.7 Å². The summed E-state index contributed by atoms with van der Waals surface area (Å²) in [6.45, 7) is 5.96. The Morgan fingerprint density at radius 3 is 2.31 bits per heavy atom. The zero-order valence-electron chi connectivity index (χ0n) is 23.8. The van der Waals surface area contributed by atoms with Gasteiger partial charge in [-0.15, -0.1) is 11.8 Å². The van der Waals surface area contributed by atoms with Gasteiger partial charge in [-0.2, -0.15) is 0 Å². The second kappa shape index (κ2) is 13.5. The van der Waals surface area contributed by atoms with E-state index in [0.717, 1.165) is 28.8 Å². The fourth-order valence-corrected chi connectivity index (χ4v) is 6.21. The molecule has 42 heavy (non-hydrogen) atoms. The van der Waals surface area contributed by atoms with Crippen LogP contribution in [0.1, 0.15) is 36.1 Å². The minimum Gasteiger partial charge on any atom is -0.381 e. The average molecular weight is 596 g/mol. The van der Waals surface area contributed by atoms with Gasteiger partial charge in [0.25, 0.3) is 5.91 Å². The molecule has 0 bridgehead atoms. The number of nitrogens with zero attached hydrogens (tertiary/aromatic N) is 1. The number of thioether (sulfide) groups is 1. The number of carbonyl (C=O) groups excluding carboxylic acids is 3. The molecule has 4 rings (SSSR count). The summed E-state index contributed by atoms with van der Waals surface area (Å²) in [5, 5.41) is 16.9. The van der Waals surface area contributed by atoms with Crippen molar-refractivity contribution in [3.8, 4) is 0 Å². The van der Waals surface area contributed by atoms with E-state index in [1.54, 1.807) is 24.3 Å². The van der Waals surface area contributed by atoms with E-state index in [9.17, 15) is 28.3 Å². The van der Waals surface area contributed by atoms with E-state index in [4.69, 9.17) is 0 Å². The van der Waals surface area contributed by atoms with Crippen LogP contribution in [0.3, 0.4) is 0 Å². The molecular weight excluding hydrogens is 560 g/mol. The lowest BCUT2D eigenvalue weighted by Crippen LogP contribution is -2.58. The Morgan fingerprint density at radius 1 is 1.00 bits per heavy atom. The van der Waals surface area contributed by atoms with Gasteiger partial charge in [-0.1, -0.05) is 60.7 Å². The van der Waals surface area contributed by atoms with Crippen LogP contribution in [0.4, 0.5) is 8.78 Å². The molecule has 3 unspecified atom stereocenters. The predicted octanol–water partition coefficient (Wildman–Crippen LogP) is 3.90. The largest absolute Gasteiger partial charge is 0.381 e. The van der Waals surface area contributed by atoms with Gasteiger partial charge in [0.1, 0.15) is 17.7 Å². The zero-order chi connectivity index (χ0) is 30.4. The fourth-order valence-electron chi connectivity index (χ4n) is 5.07. The van der Waals surface area contributed by atoms with Gasteiger partial charge in [0.05, 0.1) is 18.3 Å². The molecule has 3 aromatic carbocycles. The van der Waals surface area contributed by atoms with E-state index < -0.39 is 58.4 Å². The molecule has 3 aromatic rings. The molecule has 1 aliphatic rings. The second-order valence-corrected chi connectivity index (χ2v) is 12.5. The van der Waals surface area contributed by atoms with Crippen LogP contribution in [0, 0.1) is 18.6 Å². The van der Waals surface area contributed by atoms with E-state index in [0.29, 0.717) is 0 Å². The normalized spacial score (nSPS) is 17.4. The lowest BCUT2D eigenvalue weighted by Gasteiger charge is -2.33. The molecule has 0 aromatic heterocycles. The van der Waals surface area contributed by atoms with Gasteiger partial charge in [-0.05, 0) is 56.0 Å². The Labute approximate surface area is 248 Å². The van der Waals surface area contributed by atoms with Crippen molar-refractivity contribution in [2.75, 3.05) is 5.88 Å². The molecule has 7 nitrogen and oxygen atoms in total.